The molecule has 1 saturated heterocycles. The van der Waals surface area contributed by atoms with Crippen molar-refractivity contribution in [1.82, 2.24) is 0 Å². The number of hydrogen-bond donors (Lipinski definition) is 1. The van der Waals surface area contributed by atoms with E-state index in [0.29, 0.717) is 13.2 Å². The summed E-state index contributed by atoms with van der Waals surface area (Å²) < 4.78 is 12.0. The number of likely N-dealkylation sites (N-methyl/N-ethyl adjacent to an activating group) is 1. The summed E-state index contributed by atoms with van der Waals surface area (Å²) in [5.41, 5.74) is 1.43. The maximum absolute atomic E-state index is 10.2. The van der Waals surface area contributed by atoms with E-state index < -0.39 is 6.10 Å². The number of nitrogens with zero attached hydrogens (tertiary/aromatic N) is 1. The lowest BCUT2D eigenvalue weighted by atomic mass is 9.87. The van der Waals surface area contributed by atoms with Gasteiger partial charge >= 0.3 is 0 Å². The van der Waals surface area contributed by atoms with Gasteiger partial charge in [-0.25, -0.2) is 0 Å². The van der Waals surface area contributed by atoms with Gasteiger partial charge in [0.25, 0.3) is 0 Å². The van der Waals surface area contributed by atoms with E-state index in [1.165, 1.54) is 5.56 Å². The first kappa shape index (κ1) is 17.3. The molecule has 1 aliphatic heterocycles. The predicted molar refractivity (Wildman–Crippen MR) is 88.2 cm³/mol. The molecule has 0 aliphatic carbocycles. The van der Waals surface area contributed by atoms with Gasteiger partial charge in [0.2, 0.25) is 0 Å². The largest absolute Gasteiger partial charge is 0.491 e. The maximum Gasteiger partial charge on any atom is 0.137 e. The van der Waals surface area contributed by atoms with E-state index in [2.05, 4.69) is 40.0 Å². The molecule has 1 heterocycles. The minimum absolute atomic E-state index is 0.146. The topological polar surface area (TPSA) is 38.7 Å². The molecule has 4 heteroatoms. The Morgan fingerprint density at radius 2 is 1.77 bits per heavy atom. The van der Waals surface area contributed by atoms with Crippen LogP contribution in [0.3, 0.4) is 0 Å². The average Bonchev–Trinajstić information content (AvgIpc) is 2.45. The molecule has 1 N–H and O–H groups in total. The van der Waals surface area contributed by atoms with Crippen LogP contribution in [0.4, 0.5) is 0 Å². The molecule has 22 heavy (non-hydrogen) atoms. The Kier molecular flexibility index (Phi) is 5.48. The van der Waals surface area contributed by atoms with Crippen molar-refractivity contribution < 1.29 is 19.1 Å². The first-order chi connectivity index (χ1) is 10.3. The van der Waals surface area contributed by atoms with Crippen LogP contribution in [0.2, 0.25) is 0 Å². The van der Waals surface area contributed by atoms with Crippen molar-refractivity contribution in [3.8, 4) is 5.75 Å². The molecule has 0 radical (unpaired) electrons. The van der Waals surface area contributed by atoms with Crippen molar-refractivity contribution in [3.63, 3.8) is 0 Å². The van der Waals surface area contributed by atoms with Crippen molar-refractivity contribution in [2.24, 2.45) is 0 Å². The Hall–Kier alpha value is -1.10. The van der Waals surface area contributed by atoms with Crippen LogP contribution >= 0.6 is 0 Å². The Morgan fingerprint density at radius 3 is 2.32 bits per heavy atom. The highest BCUT2D eigenvalue weighted by Gasteiger charge is 2.28. The van der Waals surface area contributed by atoms with Gasteiger partial charge in [-0.05, 0) is 23.1 Å². The number of rotatable bonds is 5. The van der Waals surface area contributed by atoms with Crippen LogP contribution in [0.5, 0.6) is 5.75 Å². The highest BCUT2D eigenvalue weighted by atomic mass is 16.5. The lowest BCUT2D eigenvalue weighted by molar-refractivity contribution is -0.919. The molecule has 0 unspecified atom stereocenters. The SMILES string of the molecule is CC(C)(C)c1ccc(OC[C@H](O)C[N+]2(C)CCOCC2)cc1. The molecule has 1 aromatic carbocycles. The summed E-state index contributed by atoms with van der Waals surface area (Å²) in [6.45, 7) is 11.1. The lowest BCUT2D eigenvalue weighted by Crippen LogP contribution is -2.56. The summed E-state index contributed by atoms with van der Waals surface area (Å²) in [7, 11) is 2.17. The quantitative estimate of drug-likeness (QED) is 0.848. The number of ether oxygens (including phenoxy) is 2. The molecule has 0 aromatic heterocycles. The third kappa shape index (κ3) is 4.97. The van der Waals surface area contributed by atoms with E-state index in [4.69, 9.17) is 9.47 Å². The van der Waals surface area contributed by atoms with Crippen LogP contribution in [0.1, 0.15) is 26.3 Å². The molecule has 1 atom stereocenters. The van der Waals surface area contributed by atoms with E-state index in [9.17, 15) is 5.11 Å². The minimum atomic E-state index is -0.453. The third-order valence-electron chi connectivity index (χ3n) is 4.37. The Morgan fingerprint density at radius 1 is 1.18 bits per heavy atom. The Bertz CT molecular complexity index is 458. The Labute approximate surface area is 134 Å². The minimum Gasteiger partial charge on any atom is -0.491 e. The molecule has 4 nitrogen and oxygen atoms in total. The fourth-order valence-electron chi connectivity index (χ4n) is 2.77. The molecular weight excluding hydrogens is 278 g/mol. The van der Waals surface area contributed by atoms with Gasteiger partial charge in [-0.1, -0.05) is 32.9 Å². The van der Waals surface area contributed by atoms with Crippen molar-refractivity contribution in [1.29, 1.82) is 0 Å². The van der Waals surface area contributed by atoms with Gasteiger partial charge in [0.15, 0.2) is 0 Å². The van der Waals surface area contributed by atoms with Crippen molar-refractivity contribution in [3.05, 3.63) is 29.8 Å². The molecular formula is C18H30NO3+. The van der Waals surface area contributed by atoms with Crippen molar-refractivity contribution in [2.75, 3.05) is 46.5 Å². The summed E-state index contributed by atoms with van der Waals surface area (Å²) >= 11 is 0. The van der Waals surface area contributed by atoms with Gasteiger partial charge in [-0.3, -0.25) is 0 Å². The van der Waals surface area contributed by atoms with E-state index in [1.54, 1.807) is 0 Å². The smallest absolute Gasteiger partial charge is 0.137 e. The molecule has 0 spiro atoms. The van der Waals surface area contributed by atoms with Crippen molar-refractivity contribution >= 4 is 0 Å². The van der Waals surface area contributed by atoms with Gasteiger partial charge in [-0.2, -0.15) is 0 Å². The second kappa shape index (κ2) is 6.99. The number of hydrogen-bond acceptors (Lipinski definition) is 3. The normalized spacial score (nSPS) is 19.7. The van der Waals surface area contributed by atoms with Gasteiger partial charge < -0.3 is 19.1 Å². The number of quaternary nitrogens is 1. The third-order valence-corrected chi connectivity index (χ3v) is 4.37. The molecule has 1 aliphatic rings. The fraction of sp³-hybridized carbons (Fsp3) is 0.667. The Balaban J connectivity index is 1.82. The summed E-state index contributed by atoms with van der Waals surface area (Å²) in [4.78, 5) is 0. The number of benzene rings is 1. The molecule has 1 aromatic rings. The van der Waals surface area contributed by atoms with Gasteiger partial charge in [-0.15, -0.1) is 0 Å². The van der Waals surface area contributed by atoms with Crippen LogP contribution in [-0.2, 0) is 10.2 Å². The average molecular weight is 308 g/mol. The van der Waals surface area contributed by atoms with E-state index in [-0.39, 0.29) is 5.41 Å². The lowest BCUT2D eigenvalue weighted by Gasteiger charge is -2.38. The van der Waals surface area contributed by atoms with Crippen LogP contribution in [0, 0.1) is 0 Å². The van der Waals surface area contributed by atoms with Crippen LogP contribution < -0.4 is 4.74 Å². The molecule has 124 valence electrons. The van der Waals surface area contributed by atoms with Crippen molar-refractivity contribution in [2.45, 2.75) is 32.3 Å². The number of aliphatic hydroxyl groups excluding tert-OH is 1. The predicted octanol–water partition coefficient (Wildman–Crippen LogP) is 2.20. The second-order valence-corrected chi connectivity index (χ2v) is 7.60. The monoisotopic (exact) mass is 308 g/mol. The summed E-state index contributed by atoms with van der Waals surface area (Å²) in [5, 5.41) is 10.2. The second-order valence-electron chi connectivity index (χ2n) is 7.60. The van der Waals surface area contributed by atoms with E-state index >= 15 is 0 Å². The highest BCUT2D eigenvalue weighted by Crippen LogP contribution is 2.24. The van der Waals surface area contributed by atoms with Crippen LogP contribution in [-0.4, -0.2) is 62.2 Å². The summed E-state index contributed by atoms with van der Waals surface area (Å²) in [6, 6.07) is 8.16. The highest BCUT2D eigenvalue weighted by molar-refractivity contribution is 5.31. The molecule has 0 saturated carbocycles. The number of aliphatic hydroxyl groups is 1. The van der Waals surface area contributed by atoms with Gasteiger partial charge in [0.05, 0.1) is 20.3 Å². The standard InChI is InChI=1S/C18H30NO3/c1-18(2,3)15-5-7-17(8-6-15)22-14-16(20)13-19(4)9-11-21-12-10-19/h5-8,16,20H,9-14H2,1-4H3/q+1/t16-/m1/s1. The molecule has 0 amide bonds. The first-order valence-corrected chi connectivity index (χ1v) is 8.11. The van der Waals surface area contributed by atoms with Gasteiger partial charge in [0.1, 0.15) is 38.1 Å². The van der Waals surface area contributed by atoms with Crippen LogP contribution in [0.25, 0.3) is 0 Å². The zero-order valence-electron chi connectivity index (χ0n) is 14.3. The molecule has 2 rings (SSSR count). The molecule has 1 fully saturated rings. The van der Waals surface area contributed by atoms with E-state index in [1.807, 2.05) is 12.1 Å². The zero-order chi connectivity index (χ0) is 16.2. The van der Waals surface area contributed by atoms with Gasteiger partial charge in [0, 0.05) is 0 Å². The van der Waals surface area contributed by atoms with Crippen LogP contribution in [0.15, 0.2) is 24.3 Å². The number of morpholine rings is 1. The first-order valence-electron chi connectivity index (χ1n) is 8.11. The van der Waals surface area contributed by atoms with E-state index in [0.717, 1.165) is 36.5 Å². The molecule has 0 bridgehead atoms. The maximum atomic E-state index is 10.2. The fourth-order valence-corrected chi connectivity index (χ4v) is 2.77. The summed E-state index contributed by atoms with van der Waals surface area (Å²) in [5.74, 6) is 0.816. The summed E-state index contributed by atoms with van der Waals surface area (Å²) in [6.07, 6.45) is -0.453. The zero-order valence-corrected chi connectivity index (χ0v) is 14.3.